The molecule has 0 aliphatic carbocycles. The lowest BCUT2D eigenvalue weighted by molar-refractivity contribution is -0.133. The summed E-state index contributed by atoms with van der Waals surface area (Å²) in [6.07, 6.45) is 1.97. The molecular formula is C13H17Cl2NO5S2. The summed E-state index contributed by atoms with van der Waals surface area (Å²) in [5, 5.41) is 0. The SMILES string of the molecule is C[C@@H](OC[C@@H]1CCCCO1)C(=O)NS(=O)(=O)c1cc(Cl)sc1Cl. The summed E-state index contributed by atoms with van der Waals surface area (Å²) >= 11 is 12.4. The van der Waals surface area contributed by atoms with Crippen molar-refractivity contribution in [2.75, 3.05) is 13.2 Å². The van der Waals surface area contributed by atoms with Crippen molar-refractivity contribution in [3.63, 3.8) is 0 Å². The van der Waals surface area contributed by atoms with Gasteiger partial charge in [-0.25, -0.2) is 13.1 Å². The Balaban J connectivity index is 1.90. The van der Waals surface area contributed by atoms with Crippen molar-refractivity contribution in [2.45, 2.75) is 43.3 Å². The maximum Gasteiger partial charge on any atom is 0.266 e. The van der Waals surface area contributed by atoms with Gasteiger partial charge in [0.1, 0.15) is 15.3 Å². The molecule has 1 N–H and O–H groups in total. The second kappa shape index (κ2) is 8.13. The molecule has 2 atom stereocenters. The number of nitrogens with one attached hydrogen (secondary N) is 1. The first kappa shape index (κ1) is 19.0. The third-order valence-electron chi connectivity index (χ3n) is 3.33. The van der Waals surface area contributed by atoms with Crippen molar-refractivity contribution < 1.29 is 22.7 Å². The van der Waals surface area contributed by atoms with Crippen LogP contribution in [-0.2, 0) is 24.3 Å². The Bertz CT molecular complexity index is 655. The van der Waals surface area contributed by atoms with Gasteiger partial charge in [-0.15, -0.1) is 11.3 Å². The lowest BCUT2D eigenvalue weighted by Gasteiger charge is -2.23. The zero-order valence-electron chi connectivity index (χ0n) is 12.4. The van der Waals surface area contributed by atoms with Gasteiger partial charge in [-0.1, -0.05) is 23.2 Å². The average molecular weight is 402 g/mol. The highest BCUT2D eigenvalue weighted by Gasteiger charge is 2.26. The average Bonchev–Trinajstić information content (AvgIpc) is 2.85. The highest BCUT2D eigenvalue weighted by Crippen LogP contribution is 2.34. The predicted octanol–water partition coefficient (Wildman–Crippen LogP) is 2.83. The largest absolute Gasteiger partial charge is 0.376 e. The van der Waals surface area contributed by atoms with E-state index in [4.69, 9.17) is 32.7 Å². The Morgan fingerprint density at radius 2 is 2.26 bits per heavy atom. The van der Waals surface area contributed by atoms with E-state index in [1.165, 1.54) is 13.0 Å². The van der Waals surface area contributed by atoms with E-state index in [0.29, 0.717) is 6.61 Å². The zero-order chi connectivity index (χ0) is 17.0. The standard InChI is InChI=1S/C13H17Cl2NO5S2/c1-8(21-7-9-4-2-3-5-20-9)13(17)16-23(18,19)10-6-11(14)22-12(10)15/h6,8-9H,2-5,7H2,1H3,(H,16,17)/t8-,9+/m1/s1. The molecule has 1 aromatic rings. The molecule has 1 aliphatic heterocycles. The molecule has 0 bridgehead atoms. The summed E-state index contributed by atoms with van der Waals surface area (Å²) in [5.41, 5.74) is 0. The molecule has 0 radical (unpaired) electrons. The van der Waals surface area contributed by atoms with Gasteiger partial charge in [0.15, 0.2) is 0 Å². The molecule has 0 saturated carbocycles. The number of thiophene rings is 1. The van der Waals surface area contributed by atoms with Crippen molar-refractivity contribution in [2.24, 2.45) is 0 Å². The highest BCUT2D eigenvalue weighted by atomic mass is 35.5. The van der Waals surface area contributed by atoms with Crippen LogP contribution in [0.5, 0.6) is 0 Å². The molecule has 2 rings (SSSR count). The van der Waals surface area contributed by atoms with Crippen molar-refractivity contribution in [3.05, 3.63) is 14.7 Å². The van der Waals surface area contributed by atoms with E-state index >= 15 is 0 Å². The molecule has 23 heavy (non-hydrogen) atoms. The summed E-state index contributed by atoms with van der Waals surface area (Å²) in [6.45, 7) is 2.41. The summed E-state index contributed by atoms with van der Waals surface area (Å²) in [4.78, 5) is 11.8. The fraction of sp³-hybridized carbons (Fsp3) is 0.615. The van der Waals surface area contributed by atoms with Crippen molar-refractivity contribution >= 4 is 50.5 Å². The van der Waals surface area contributed by atoms with Gasteiger partial charge in [-0.3, -0.25) is 4.79 Å². The van der Waals surface area contributed by atoms with Crippen LogP contribution in [0.3, 0.4) is 0 Å². The number of halogens is 2. The normalized spacial score (nSPS) is 20.2. The smallest absolute Gasteiger partial charge is 0.266 e. The first-order chi connectivity index (χ1) is 10.8. The van der Waals surface area contributed by atoms with Gasteiger partial charge in [0, 0.05) is 6.61 Å². The number of rotatable bonds is 6. The lowest BCUT2D eigenvalue weighted by Crippen LogP contribution is -2.40. The topological polar surface area (TPSA) is 81.7 Å². The minimum absolute atomic E-state index is 0.000484. The number of amides is 1. The van der Waals surface area contributed by atoms with E-state index in [9.17, 15) is 13.2 Å². The molecule has 0 spiro atoms. The highest BCUT2D eigenvalue weighted by molar-refractivity contribution is 7.90. The monoisotopic (exact) mass is 401 g/mol. The van der Waals surface area contributed by atoms with E-state index in [1.54, 1.807) is 0 Å². The third-order valence-corrected chi connectivity index (χ3v) is 6.42. The molecule has 1 amide bonds. The molecule has 1 aliphatic rings. The first-order valence-corrected chi connectivity index (χ1v) is 10.1. The molecular weight excluding hydrogens is 385 g/mol. The molecule has 6 nitrogen and oxygen atoms in total. The molecule has 1 aromatic heterocycles. The number of carbonyl (C=O) groups is 1. The van der Waals surface area contributed by atoms with Gasteiger partial charge in [0.25, 0.3) is 15.9 Å². The third kappa shape index (κ3) is 5.30. The Hall–Kier alpha value is -0.380. The van der Waals surface area contributed by atoms with Crippen LogP contribution in [0.2, 0.25) is 8.67 Å². The number of hydrogen-bond donors (Lipinski definition) is 1. The molecule has 0 aromatic carbocycles. The van der Waals surface area contributed by atoms with Crippen LogP contribution in [-0.4, -0.2) is 39.7 Å². The molecule has 10 heteroatoms. The summed E-state index contributed by atoms with van der Waals surface area (Å²) in [6, 6.07) is 1.20. The molecule has 0 unspecified atom stereocenters. The van der Waals surface area contributed by atoms with Crippen LogP contribution >= 0.6 is 34.5 Å². The maximum atomic E-state index is 12.1. The minimum atomic E-state index is -4.07. The van der Waals surface area contributed by atoms with E-state index in [2.05, 4.69) is 0 Å². The van der Waals surface area contributed by atoms with Crippen molar-refractivity contribution in [1.29, 1.82) is 0 Å². The van der Waals surface area contributed by atoms with Crippen LogP contribution in [0.15, 0.2) is 11.0 Å². The first-order valence-electron chi connectivity index (χ1n) is 7.04. The number of carbonyl (C=O) groups excluding carboxylic acids is 1. The van der Waals surface area contributed by atoms with Crippen LogP contribution in [0.25, 0.3) is 0 Å². The summed E-state index contributed by atoms with van der Waals surface area (Å²) < 4.78 is 37.3. The second-order valence-electron chi connectivity index (χ2n) is 5.12. The van der Waals surface area contributed by atoms with Crippen LogP contribution in [0.4, 0.5) is 0 Å². The van der Waals surface area contributed by atoms with Gasteiger partial charge in [-0.05, 0) is 32.3 Å². The Morgan fingerprint density at radius 1 is 1.52 bits per heavy atom. The molecule has 1 saturated heterocycles. The maximum absolute atomic E-state index is 12.1. The van der Waals surface area contributed by atoms with Gasteiger partial charge in [0.05, 0.1) is 17.0 Å². The van der Waals surface area contributed by atoms with Crippen LogP contribution < -0.4 is 4.72 Å². The lowest BCUT2D eigenvalue weighted by atomic mass is 10.1. The molecule has 130 valence electrons. The predicted molar refractivity (Wildman–Crippen MR) is 88.7 cm³/mol. The fourth-order valence-corrected chi connectivity index (χ4v) is 5.24. The Kier molecular flexibility index (Phi) is 6.70. The van der Waals surface area contributed by atoms with E-state index in [0.717, 1.165) is 30.6 Å². The Labute approximate surface area is 149 Å². The van der Waals surface area contributed by atoms with E-state index < -0.39 is 22.0 Å². The molecule has 1 fully saturated rings. The molecule has 2 heterocycles. The van der Waals surface area contributed by atoms with Crippen LogP contribution in [0.1, 0.15) is 26.2 Å². The number of sulfonamides is 1. The van der Waals surface area contributed by atoms with Crippen molar-refractivity contribution in [1.82, 2.24) is 4.72 Å². The summed E-state index contributed by atoms with van der Waals surface area (Å²) in [5.74, 6) is -0.765. The van der Waals surface area contributed by atoms with E-state index in [-0.39, 0.29) is 26.3 Å². The van der Waals surface area contributed by atoms with Gasteiger partial charge < -0.3 is 9.47 Å². The minimum Gasteiger partial charge on any atom is -0.376 e. The zero-order valence-corrected chi connectivity index (χ0v) is 15.5. The van der Waals surface area contributed by atoms with Crippen LogP contribution in [0, 0.1) is 0 Å². The van der Waals surface area contributed by atoms with Gasteiger partial charge >= 0.3 is 0 Å². The van der Waals surface area contributed by atoms with Crippen molar-refractivity contribution in [3.8, 4) is 0 Å². The second-order valence-corrected chi connectivity index (χ2v) is 9.06. The van der Waals surface area contributed by atoms with Gasteiger partial charge in [0.2, 0.25) is 0 Å². The summed E-state index contributed by atoms with van der Waals surface area (Å²) in [7, 11) is -4.07. The fourth-order valence-electron chi connectivity index (χ4n) is 2.04. The number of hydrogen-bond acceptors (Lipinski definition) is 6. The quantitative estimate of drug-likeness (QED) is 0.792. The van der Waals surface area contributed by atoms with Gasteiger partial charge in [-0.2, -0.15) is 0 Å². The Morgan fingerprint density at radius 3 is 2.83 bits per heavy atom. The number of ether oxygens (including phenoxy) is 2. The van der Waals surface area contributed by atoms with E-state index in [1.807, 2.05) is 4.72 Å².